The summed E-state index contributed by atoms with van der Waals surface area (Å²) < 4.78 is 5.29. The third-order valence-corrected chi connectivity index (χ3v) is 3.21. The van der Waals surface area contributed by atoms with Gasteiger partial charge in [0.25, 0.3) is 5.91 Å². The van der Waals surface area contributed by atoms with E-state index in [2.05, 4.69) is 20.6 Å². The molecular weight excluding hydrogens is 304 g/mol. The number of hydrogen-bond donors (Lipinski definition) is 2. The van der Waals surface area contributed by atoms with Crippen molar-refractivity contribution in [2.75, 3.05) is 12.4 Å². The fraction of sp³-hybridized carbons (Fsp3) is 0.389. The number of benzene rings is 1. The molecule has 6 nitrogen and oxygen atoms in total. The number of rotatable bonds is 5. The Morgan fingerprint density at radius 1 is 1.21 bits per heavy atom. The van der Waals surface area contributed by atoms with Crippen LogP contribution in [0.4, 0.5) is 5.82 Å². The highest BCUT2D eigenvalue weighted by Gasteiger charge is 2.15. The zero-order chi connectivity index (χ0) is 17.7. The number of para-hydroxylation sites is 1. The van der Waals surface area contributed by atoms with E-state index in [1.54, 1.807) is 20.1 Å². The van der Waals surface area contributed by atoms with Gasteiger partial charge in [0.05, 0.1) is 7.11 Å². The van der Waals surface area contributed by atoms with Crippen LogP contribution in [0.1, 0.15) is 42.6 Å². The number of hydrogen-bond acceptors (Lipinski definition) is 5. The second-order valence-electron chi connectivity index (χ2n) is 6.56. The van der Waals surface area contributed by atoms with Crippen LogP contribution in [0.2, 0.25) is 0 Å². The van der Waals surface area contributed by atoms with E-state index in [0.717, 1.165) is 11.3 Å². The summed E-state index contributed by atoms with van der Waals surface area (Å²) in [6.07, 6.45) is 0. The molecule has 1 amide bonds. The summed E-state index contributed by atoms with van der Waals surface area (Å²) in [4.78, 5) is 21.0. The molecule has 0 radical (unpaired) electrons. The predicted molar refractivity (Wildman–Crippen MR) is 94.3 cm³/mol. The van der Waals surface area contributed by atoms with Crippen LogP contribution in [0.25, 0.3) is 0 Å². The Morgan fingerprint density at radius 3 is 2.58 bits per heavy atom. The smallest absolute Gasteiger partial charge is 0.270 e. The van der Waals surface area contributed by atoms with Crippen molar-refractivity contribution in [3.63, 3.8) is 0 Å². The maximum Gasteiger partial charge on any atom is 0.270 e. The first-order valence-electron chi connectivity index (χ1n) is 7.82. The van der Waals surface area contributed by atoms with Crippen LogP contribution in [-0.4, -0.2) is 28.5 Å². The fourth-order valence-electron chi connectivity index (χ4n) is 2.25. The van der Waals surface area contributed by atoms with Crippen molar-refractivity contribution in [3.05, 3.63) is 47.4 Å². The molecule has 0 aliphatic heterocycles. The van der Waals surface area contributed by atoms with Gasteiger partial charge in [0.2, 0.25) is 0 Å². The van der Waals surface area contributed by atoms with Crippen LogP contribution in [-0.2, 0) is 6.54 Å². The zero-order valence-corrected chi connectivity index (χ0v) is 14.8. The van der Waals surface area contributed by atoms with Gasteiger partial charge < -0.3 is 15.4 Å². The van der Waals surface area contributed by atoms with Gasteiger partial charge in [-0.2, -0.15) is 0 Å². The number of anilines is 1. The molecular formula is C18H24N4O2. The highest BCUT2D eigenvalue weighted by Crippen LogP contribution is 2.17. The number of methoxy groups -OCH3 is 1. The number of ether oxygens (including phenoxy) is 1. The number of nitrogens with one attached hydrogen (secondary N) is 2. The number of carbonyl (C=O) groups excluding carboxylic acids is 1. The molecule has 24 heavy (non-hydrogen) atoms. The van der Waals surface area contributed by atoms with E-state index in [0.29, 0.717) is 23.9 Å². The second-order valence-corrected chi connectivity index (χ2v) is 6.56. The lowest BCUT2D eigenvalue weighted by molar-refractivity contribution is 0.0945. The molecule has 0 atom stereocenters. The molecule has 0 aliphatic carbocycles. The Labute approximate surface area is 142 Å². The monoisotopic (exact) mass is 328 g/mol. The van der Waals surface area contributed by atoms with Gasteiger partial charge in [-0.1, -0.05) is 18.2 Å². The molecule has 1 heterocycles. The topological polar surface area (TPSA) is 76.1 Å². The first-order chi connectivity index (χ1) is 11.3. The normalized spacial score (nSPS) is 11.0. The van der Waals surface area contributed by atoms with Crippen molar-refractivity contribution in [1.29, 1.82) is 0 Å². The summed E-state index contributed by atoms with van der Waals surface area (Å²) in [5, 5.41) is 6.13. The molecule has 1 aromatic carbocycles. The number of carbonyl (C=O) groups is 1. The van der Waals surface area contributed by atoms with E-state index in [4.69, 9.17) is 4.74 Å². The second kappa shape index (κ2) is 7.29. The third kappa shape index (κ3) is 4.94. The molecule has 128 valence electrons. The molecule has 0 saturated heterocycles. The van der Waals surface area contributed by atoms with E-state index in [1.807, 2.05) is 45.0 Å². The fourth-order valence-corrected chi connectivity index (χ4v) is 2.25. The molecule has 6 heteroatoms. The van der Waals surface area contributed by atoms with Gasteiger partial charge in [0.15, 0.2) is 0 Å². The maximum atomic E-state index is 12.4. The Bertz CT molecular complexity index is 723. The lowest BCUT2D eigenvalue weighted by Crippen LogP contribution is -2.28. The van der Waals surface area contributed by atoms with Crippen LogP contribution in [0, 0.1) is 6.92 Å². The van der Waals surface area contributed by atoms with Crippen LogP contribution in [0.3, 0.4) is 0 Å². The van der Waals surface area contributed by atoms with Gasteiger partial charge in [-0.05, 0) is 33.8 Å². The van der Waals surface area contributed by atoms with Crippen molar-refractivity contribution in [1.82, 2.24) is 15.3 Å². The van der Waals surface area contributed by atoms with Crippen molar-refractivity contribution < 1.29 is 9.53 Å². The molecule has 0 spiro atoms. The quantitative estimate of drug-likeness (QED) is 0.882. The van der Waals surface area contributed by atoms with Gasteiger partial charge in [-0.15, -0.1) is 0 Å². The summed E-state index contributed by atoms with van der Waals surface area (Å²) in [5.41, 5.74) is 1.10. The highest BCUT2D eigenvalue weighted by atomic mass is 16.5. The van der Waals surface area contributed by atoms with Gasteiger partial charge in [-0.3, -0.25) is 4.79 Å². The van der Waals surface area contributed by atoms with Crippen LogP contribution in [0.15, 0.2) is 30.3 Å². The van der Waals surface area contributed by atoms with Crippen LogP contribution < -0.4 is 15.4 Å². The summed E-state index contributed by atoms with van der Waals surface area (Å²) in [5.74, 6) is 1.68. The Kier molecular flexibility index (Phi) is 5.39. The molecule has 0 aliphatic rings. The molecule has 1 aromatic heterocycles. The molecule has 2 aromatic rings. The van der Waals surface area contributed by atoms with Crippen molar-refractivity contribution in [2.45, 2.75) is 39.8 Å². The Balaban J connectivity index is 2.12. The number of nitrogens with zero attached hydrogens (tertiary/aromatic N) is 2. The Morgan fingerprint density at radius 2 is 1.92 bits per heavy atom. The van der Waals surface area contributed by atoms with Gasteiger partial charge in [-0.25, -0.2) is 9.97 Å². The van der Waals surface area contributed by atoms with Crippen molar-refractivity contribution >= 4 is 11.7 Å². The predicted octanol–water partition coefficient (Wildman–Crippen LogP) is 2.93. The molecule has 0 unspecified atom stereocenters. The first kappa shape index (κ1) is 17.7. The lowest BCUT2D eigenvalue weighted by Gasteiger charge is -2.21. The summed E-state index contributed by atoms with van der Waals surface area (Å²) >= 11 is 0. The summed E-state index contributed by atoms with van der Waals surface area (Å²) in [7, 11) is 1.61. The van der Waals surface area contributed by atoms with Crippen molar-refractivity contribution in [3.8, 4) is 5.75 Å². The number of aryl methyl sites for hydroxylation is 1. The Hall–Kier alpha value is -2.63. The number of aromatic nitrogens is 2. The van der Waals surface area contributed by atoms with Gasteiger partial charge in [0, 0.05) is 23.7 Å². The largest absolute Gasteiger partial charge is 0.496 e. The number of amides is 1. The standard InChI is InChI=1S/C18H24N4O2/c1-12-20-14(10-16(21-12)22-18(2,3)4)17(23)19-11-13-8-6-7-9-15(13)24-5/h6-10H,11H2,1-5H3,(H,19,23)(H,20,21,22). The molecule has 0 bridgehead atoms. The van der Waals surface area contributed by atoms with E-state index in [-0.39, 0.29) is 11.4 Å². The third-order valence-electron chi connectivity index (χ3n) is 3.21. The van der Waals surface area contributed by atoms with Crippen LogP contribution >= 0.6 is 0 Å². The highest BCUT2D eigenvalue weighted by molar-refractivity contribution is 5.92. The average molecular weight is 328 g/mol. The molecule has 2 N–H and O–H groups in total. The summed E-state index contributed by atoms with van der Waals surface area (Å²) in [6.45, 7) is 8.24. The van der Waals surface area contributed by atoms with E-state index in [9.17, 15) is 4.79 Å². The molecule has 0 saturated carbocycles. The van der Waals surface area contributed by atoms with Crippen LogP contribution in [0.5, 0.6) is 5.75 Å². The lowest BCUT2D eigenvalue weighted by atomic mass is 10.1. The van der Waals surface area contributed by atoms with E-state index < -0.39 is 0 Å². The minimum atomic E-state index is -0.247. The van der Waals surface area contributed by atoms with Crippen molar-refractivity contribution in [2.24, 2.45) is 0 Å². The van der Waals surface area contributed by atoms with Gasteiger partial charge >= 0.3 is 0 Å². The van der Waals surface area contributed by atoms with E-state index in [1.165, 1.54) is 0 Å². The minimum absolute atomic E-state index is 0.147. The van der Waals surface area contributed by atoms with E-state index >= 15 is 0 Å². The first-order valence-corrected chi connectivity index (χ1v) is 7.82. The minimum Gasteiger partial charge on any atom is -0.496 e. The molecule has 0 fully saturated rings. The maximum absolute atomic E-state index is 12.4. The van der Waals surface area contributed by atoms with Gasteiger partial charge in [0.1, 0.15) is 23.1 Å². The average Bonchev–Trinajstić information content (AvgIpc) is 2.50. The SMILES string of the molecule is COc1ccccc1CNC(=O)c1cc(NC(C)(C)C)nc(C)n1. The summed E-state index contributed by atoms with van der Waals surface area (Å²) in [6, 6.07) is 9.24. The zero-order valence-electron chi connectivity index (χ0n) is 14.8. The molecule has 2 rings (SSSR count).